The van der Waals surface area contributed by atoms with E-state index in [1.54, 1.807) is 42.5 Å². The van der Waals surface area contributed by atoms with E-state index in [4.69, 9.17) is 4.74 Å². The molecule has 2 rings (SSSR count). The van der Waals surface area contributed by atoms with Crippen LogP contribution in [0, 0.1) is 0 Å². The topological polar surface area (TPSA) is 75.7 Å². The first-order chi connectivity index (χ1) is 12.8. The van der Waals surface area contributed by atoms with Crippen molar-refractivity contribution in [2.24, 2.45) is 0 Å². The molecule has 0 saturated heterocycles. The number of aryl methyl sites for hydroxylation is 1. The largest absolute Gasteiger partial charge is 0.490 e. The molecule has 144 valence electrons. The lowest BCUT2D eigenvalue weighted by molar-refractivity contribution is -0.114. The van der Waals surface area contributed by atoms with E-state index in [1.165, 1.54) is 0 Å². The first kappa shape index (κ1) is 20.5. The van der Waals surface area contributed by atoms with E-state index < -0.39 is 15.9 Å². The number of sulfonamides is 1. The third kappa shape index (κ3) is 5.86. The molecule has 0 spiro atoms. The second-order valence-electron chi connectivity index (χ2n) is 5.92. The van der Waals surface area contributed by atoms with Gasteiger partial charge in [0.15, 0.2) is 0 Å². The third-order valence-corrected chi connectivity index (χ3v) is 4.96. The van der Waals surface area contributed by atoms with Crippen LogP contribution in [-0.2, 0) is 21.2 Å². The number of anilines is 2. The van der Waals surface area contributed by atoms with Gasteiger partial charge in [-0.15, -0.1) is 0 Å². The van der Waals surface area contributed by atoms with Gasteiger partial charge in [-0.05, 0) is 42.3 Å². The number of carbonyl (C=O) groups is 1. The fourth-order valence-corrected chi connectivity index (χ4v) is 3.44. The minimum Gasteiger partial charge on any atom is -0.490 e. The number of carbonyl (C=O) groups excluding carboxylic acids is 1. The summed E-state index contributed by atoms with van der Waals surface area (Å²) in [7, 11) is -3.61. The highest BCUT2D eigenvalue weighted by molar-refractivity contribution is 7.92. The molecule has 0 aromatic heterocycles. The van der Waals surface area contributed by atoms with Gasteiger partial charge in [-0.2, -0.15) is 0 Å². The van der Waals surface area contributed by atoms with Crippen molar-refractivity contribution in [3.63, 3.8) is 0 Å². The Morgan fingerprint density at radius 2 is 1.85 bits per heavy atom. The molecule has 0 fully saturated rings. The average molecular weight is 388 g/mol. The first-order valence-corrected chi connectivity index (χ1v) is 10.4. The summed E-state index contributed by atoms with van der Waals surface area (Å²) in [5.41, 5.74) is 1.94. The minimum atomic E-state index is -3.61. The van der Waals surface area contributed by atoms with Gasteiger partial charge in [-0.1, -0.05) is 37.8 Å². The van der Waals surface area contributed by atoms with Gasteiger partial charge in [0.25, 0.3) is 0 Å². The van der Waals surface area contributed by atoms with E-state index in [0.717, 1.165) is 16.1 Å². The van der Waals surface area contributed by atoms with Crippen LogP contribution in [0.1, 0.15) is 12.5 Å². The Morgan fingerprint density at radius 1 is 1.19 bits per heavy atom. The fourth-order valence-electron chi connectivity index (χ4n) is 2.55. The normalized spacial score (nSPS) is 10.9. The Morgan fingerprint density at radius 3 is 2.44 bits per heavy atom. The molecule has 6 nitrogen and oxygen atoms in total. The fraction of sp³-hybridized carbons (Fsp3) is 0.250. The SMILES string of the molecule is C=CCOc1ccc(NC(=O)CN(c2ccccc2CC)S(C)(=O)=O)cc1. The van der Waals surface area contributed by atoms with Crippen LogP contribution in [0.15, 0.2) is 61.2 Å². The van der Waals surface area contributed by atoms with Crippen molar-refractivity contribution in [3.8, 4) is 5.75 Å². The quantitative estimate of drug-likeness (QED) is 0.669. The van der Waals surface area contributed by atoms with Gasteiger partial charge < -0.3 is 10.1 Å². The van der Waals surface area contributed by atoms with Crippen molar-refractivity contribution in [1.29, 1.82) is 0 Å². The van der Waals surface area contributed by atoms with Gasteiger partial charge in [0, 0.05) is 5.69 Å². The summed E-state index contributed by atoms with van der Waals surface area (Å²) in [6.45, 7) is 5.62. The Hall–Kier alpha value is -2.80. The van der Waals surface area contributed by atoms with Crippen LogP contribution in [-0.4, -0.2) is 33.7 Å². The lowest BCUT2D eigenvalue weighted by Gasteiger charge is -2.24. The first-order valence-electron chi connectivity index (χ1n) is 8.54. The molecule has 1 N–H and O–H groups in total. The van der Waals surface area contributed by atoms with Crippen molar-refractivity contribution in [2.75, 3.05) is 29.0 Å². The highest BCUT2D eigenvalue weighted by Crippen LogP contribution is 2.23. The van der Waals surface area contributed by atoms with Gasteiger partial charge in [-0.3, -0.25) is 9.10 Å². The predicted molar refractivity (Wildman–Crippen MR) is 109 cm³/mol. The summed E-state index contributed by atoms with van der Waals surface area (Å²) in [6, 6.07) is 14.0. The van der Waals surface area contributed by atoms with Crippen LogP contribution >= 0.6 is 0 Å². The maximum absolute atomic E-state index is 12.4. The van der Waals surface area contributed by atoms with Crippen LogP contribution in [0.25, 0.3) is 0 Å². The van der Waals surface area contributed by atoms with Crippen LogP contribution in [0.4, 0.5) is 11.4 Å². The van der Waals surface area contributed by atoms with E-state index in [-0.39, 0.29) is 6.54 Å². The summed E-state index contributed by atoms with van der Waals surface area (Å²) in [6.07, 6.45) is 3.40. The van der Waals surface area contributed by atoms with E-state index >= 15 is 0 Å². The Labute approximate surface area is 160 Å². The zero-order valence-corrected chi connectivity index (χ0v) is 16.3. The molecule has 0 unspecified atom stereocenters. The van der Waals surface area contributed by atoms with Crippen molar-refractivity contribution >= 4 is 27.3 Å². The van der Waals surface area contributed by atoms with Crippen molar-refractivity contribution in [3.05, 3.63) is 66.7 Å². The van der Waals surface area contributed by atoms with Crippen LogP contribution in [0.5, 0.6) is 5.75 Å². The molecule has 0 saturated carbocycles. The zero-order valence-electron chi connectivity index (χ0n) is 15.5. The van der Waals surface area contributed by atoms with Crippen molar-refractivity contribution < 1.29 is 17.9 Å². The summed E-state index contributed by atoms with van der Waals surface area (Å²) >= 11 is 0. The highest BCUT2D eigenvalue weighted by Gasteiger charge is 2.22. The van der Waals surface area contributed by atoms with E-state index in [1.807, 2.05) is 19.1 Å². The number of rotatable bonds is 9. The summed E-state index contributed by atoms with van der Waals surface area (Å²) in [5.74, 6) is 0.230. The molecule has 0 aliphatic heterocycles. The number of para-hydroxylation sites is 1. The molecule has 7 heteroatoms. The standard InChI is InChI=1S/C20H24N2O4S/c1-4-14-26-18-12-10-17(11-13-18)21-20(23)15-22(27(3,24)25)19-9-7-6-8-16(19)5-2/h4,6-13H,1,5,14-15H2,2-3H3,(H,21,23). The molecule has 0 atom stereocenters. The molecular weight excluding hydrogens is 364 g/mol. The van der Waals surface area contributed by atoms with Gasteiger partial charge in [0.2, 0.25) is 15.9 Å². The highest BCUT2D eigenvalue weighted by atomic mass is 32.2. The molecule has 0 aliphatic carbocycles. The van der Waals surface area contributed by atoms with Crippen LogP contribution in [0.2, 0.25) is 0 Å². The maximum atomic E-state index is 12.4. The number of benzene rings is 2. The molecule has 0 radical (unpaired) electrons. The van der Waals surface area contributed by atoms with Crippen LogP contribution in [0.3, 0.4) is 0 Å². The molecule has 2 aromatic rings. The second kappa shape index (κ2) is 9.23. The number of nitrogens with zero attached hydrogens (tertiary/aromatic N) is 1. The molecular formula is C20H24N2O4S. The second-order valence-corrected chi connectivity index (χ2v) is 7.83. The van der Waals surface area contributed by atoms with Crippen molar-refractivity contribution in [1.82, 2.24) is 0 Å². The van der Waals surface area contributed by atoms with Gasteiger partial charge in [0.05, 0.1) is 11.9 Å². The predicted octanol–water partition coefficient (Wildman–Crippen LogP) is 3.22. The zero-order chi connectivity index (χ0) is 19.9. The molecule has 27 heavy (non-hydrogen) atoms. The molecule has 0 bridgehead atoms. The third-order valence-electron chi connectivity index (χ3n) is 3.83. The molecule has 0 aliphatic rings. The Kier molecular flexibility index (Phi) is 7.01. The lowest BCUT2D eigenvalue weighted by atomic mass is 10.1. The molecule has 0 heterocycles. The van der Waals surface area contributed by atoms with E-state index in [0.29, 0.717) is 30.2 Å². The average Bonchev–Trinajstić information content (AvgIpc) is 2.64. The summed E-state index contributed by atoms with van der Waals surface area (Å²) in [5, 5.41) is 2.71. The molecule has 2 aromatic carbocycles. The summed E-state index contributed by atoms with van der Waals surface area (Å²) in [4.78, 5) is 12.4. The van der Waals surface area contributed by atoms with Gasteiger partial charge in [0.1, 0.15) is 18.9 Å². The number of hydrogen-bond acceptors (Lipinski definition) is 4. The number of amides is 1. The van der Waals surface area contributed by atoms with E-state index in [9.17, 15) is 13.2 Å². The Bertz CT molecular complexity index is 892. The summed E-state index contributed by atoms with van der Waals surface area (Å²) < 4.78 is 31.0. The van der Waals surface area contributed by atoms with Crippen molar-refractivity contribution in [2.45, 2.75) is 13.3 Å². The molecule has 1 amide bonds. The maximum Gasteiger partial charge on any atom is 0.245 e. The van der Waals surface area contributed by atoms with E-state index in [2.05, 4.69) is 11.9 Å². The van der Waals surface area contributed by atoms with Gasteiger partial charge in [-0.25, -0.2) is 8.42 Å². The number of nitrogens with one attached hydrogen (secondary N) is 1. The Balaban J connectivity index is 2.14. The monoisotopic (exact) mass is 388 g/mol. The number of ether oxygens (including phenoxy) is 1. The number of hydrogen-bond donors (Lipinski definition) is 1. The van der Waals surface area contributed by atoms with Crippen LogP contribution < -0.4 is 14.4 Å². The smallest absolute Gasteiger partial charge is 0.245 e. The minimum absolute atomic E-state index is 0.301. The van der Waals surface area contributed by atoms with Gasteiger partial charge >= 0.3 is 0 Å². The lowest BCUT2D eigenvalue weighted by Crippen LogP contribution is -2.38.